The van der Waals surface area contributed by atoms with Crippen molar-refractivity contribution in [2.24, 2.45) is 11.7 Å². The number of hydrogen-bond acceptors (Lipinski definition) is 2. The minimum absolute atomic E-state index is 0. The molecule has 1 aliphatic carbocycles. The number of aliphatic carboxylic acids is 1. The highest BCUT2D eigenvalue weighted by atomic mass is 35.5. The first kappa shape index (κ1) is 9.72. The van der Waals surface area contributed by atoms with Crippen molar-refractivity contribution in [3.05, 3.63) is 0 Å². The fourth-order valence-corrected chi connectivity index (χ4v) is 1.30. The molecular weight excluding hydrogens is 154 g/mol. The van der Waals surface area contributed by atoms with Crippen molar-refractivity contribution < 1.29 is 9.90 Å². The van der Waals surface area contributed by atoms with Gasteiger partial charge in [-0.2, -0.15) is 0 Å². The average molecular weight is 166 g/mol. The summed E-state index contributed by atoms with van der Waals surface area (Å²) in [6, 6.07) is -0.0949. The number of halogens is 1. The van der Waals surface area contributed by atoms with Gasteiger partial charge >= 0.3 is 5.97 Å². The summed E-state index contributed by atoms with van der Waals surface area (Å²) in [6.07, 6.45) is 2.60. The molecule has 1 fully saturated rings. The highest BCUT2D eigenvalue weighted by Gasteiger charge is 2.29. The SMILES string of the molecule is Cl.N[C@H]1CCC[C@H]1C(=O)O. The van der Waals surface area contributed by atoms with Crippen LogP contribution in [0.15, 0.2) is 0 Å². The van der Waals surface area contributed by atoms with Crippen LogP contribution in [0.4, 0.5) is 0 Å². The van der Waals surface area contributed by atoms with Crippen LogP contribution in [-0.2, 0) is 4.79 Å². The van der Waals surface area contributed by atoms with E-state index in [4.69, 9.17) is 10.8 Å². The first-order valence-corrected chi connectivity index (χ1v) is 3.20. The van der Waals surface area contributed by atoms with E-state index in [1.807, 2.05) is 0 Å². The molecule has 0 spiro atoms. The third-order valence-corrected chi connectivity index (χ3v) is 1.89. The van der Waals surface area contributed by atoms with E-state index >= 15 is 0 Å². The Kier molecular flexibility index (Phi) is 3.68. The van der Waals surface area contributed by atoms with Crippen molar-refractivity contribution in [2.45, 2.75) is 25.3 Å². The summed E-state index contributed by atoms with van der Waals surface area (Å²) < 4.78 is 0. The van der Waals surface area contributed by atoms with Crippen LogP contribution in [0.1, 0.15) is 19.3 Å². The van der Waals surface area contributed by atoms with Gasteiger partial charge < -0.3 is 10.8 Å². The van der Waals surface area contributed by atoms with E-state index in [1.165, 1.54) is 0 Å². The Bertz CT molecular complexity index is 129. The quantitative estimate of drug-likeness (QED) is 0.599. The van der Waals surface area contributed by atoms with Gasteiger partial charge in [-0.15, -0.1) is 12.4 Å². The number of carboxylic acid groups (broad SMARTS) is 1. The average Bonchev–Trinajstić information content (AvgIpc) is 2.13. The molecule has 0 amide bonds. The van der Waals surface area contributed by atoms with E-state index in [9.17, 15) is 4.79 Å². The third-order valence-electron chi connectivity index (χ3n) is 1.89. The molecule has 4 heteroatoms. The molecule has 0 aromatic rings. The Hall–Kier alpha value is -0.280. The van der Waals surface area contributed by atoms with Gasteiger partial charge in [-0.05, 0) is 12.8 Å². The van der Waals surface area contributed by atoms with Gasteiger partial charge in [0.1, 0.15) is 0 Å². The molecule has 60 valence electrons. The van der Waals surface area contributed by atoms with Crippen LogP contribution in [-0.4, -0.2) is 17.1 Å². The maximum Gasteiger partial charge on any atom is 0.308 e. The molecular formula is C6H12ClNO2. The van der Waals surface area contributed by atoms with E-state index in [1.54, 1.807) is 0 Å². The second kappa shape index (κ2) is 3.78. The summed E-state index contributed by atoms with van der Waals surface area (Å²) in [4.78, 5) is 10.3. The molecule has 2 atom stereocenters. The van der Waals surface area contributed by atoms with Crippen LogP contribution >= 0.6 is 12.4 Å². The summed E-state index contributed by atoms with van der Waals surface area (Å²) in [5.41, 5.74) is 5.50. The molecule has 0 saturated heterocycles. The first-order valence-electron chi connectivity index (χ1n) is 3.20. The maximum atomic E-state index is 10.3. The lowest BCUT2D eigenvalue weighted by Gasteiger charge is -2.07. The Morgan fingerprint density at radius 2 is 2.10 bits per heavy atom. The van der Waals surface area contributed by atoms with E-state index < -0.39 is 5.97 Å². The summed E-state index contributed by atoms with van der Waals surface area (Å²) in [7, 11) is 0. The van der Waals surface area contributed by atoms with Crippen LogP contribution in [0.3, 0.4) is 0 Å². The smallest absolute Gasteiger partial charge is 0.308 e. The zero-order valence-corrected chi connectivity index (χ0v) is 6.43. The molecule has 0 aromatic heterocycles. The fraction of sp³-hybridized carbons (Fsp3) is 0.833. The van der Waals surface area contributed by atoms with Gasteiger partial charge in [-0.3, -0.25) is 4.79 Å². The monoisotopic (exact) mass is 165 g/mol. The minimum atomic E-state index is -0.736. The summed E-state index contributed by atoms with van der Waals surface area (Å²) in [6.45, 7) is 0. The second-order valence-corrected chi connectivity index (χ2v) is 2.54. The predicted octanol–water partition coefficient (Wildman–Crippen LogP) is 0.620. The van der Waals surface area contributed by atoms with Crippen molar-refractivity contribution in [1.29, 1.82) is 0 Å². The van der Waals surface area contributed by atoms with Crippen molar-refractivity contribution in [2.75, 3.05) is 0 Å². The molecule has 3 N–H and O–H groups in total. The second-order valence-electron chi connectivity index (χ2n) is 2.54. The standard InChI is InChI=1S/C6H11NO2.ClH/c7-5-3-1-2-4(5)6(8)9;/h4-5H,1-3,7H2,(H,8,9);1H/t4-,5+;/m1./s1. The molecule has 0 bridgehead atoms. The van der Waals surface area contributed by atoms with Gasteiger partial charge in [0, 0.05) is 6.04 Å². The molecule has 1 rings (SSSR count). The zero-order chi connectivity index (χ0) is 6.85. The topological polar surface area (TPSA) is 63.3 Å². The predicted molar refractivity (Wildman–Crippen MR) is 40.2 cm³/mol. The van der Waals surface area contributed by atoms with Crippen molar-refractivity contribution in [1.82, 2.24) is 0 Å². The van der Waals surface area contributed by atoms with Gasteiger partial charge in [0.2, 0.25) is 0 Å². The molecule has 0 unspecified atom stereocenters. The molecule has 0 aromatic carbocycles. The summed E-state index contributed by atoms with van der Waals surface area (Å²) >= 11 is 0. The van der Waals surface area contributed by atoms with E-state index in [0.29, 0.717) is 0 Å². The van der Waals surface area contributed by atoms with Gasteiger partial charge in [0.25, 0.3) is 0 Å². The lowest BCUT2D eigenvalue weighted by atomic mass is 10.1. The molecule has 3 nitrogen and oxygen atoms in total. The Morgan fingerprint density at radius 3 is 2.30 bits per heavy atom. The fourth-order valence-electron chi connectivity index (χ4n) is 1.30. The number of carboxylic acids is 1. The van der Waals surface area contributed by atoms with Crippen LogP contribution in [0.2, 0.25) is 0 Å². The lowest BCUT2D eigenvalue weighted by molar-refractivity contribution is -0.141. The van der Waals surface area contributed by atoms with Crippen LogP contribution in [0.5, 0.6) is 0 Å². The van der Waals surface area contributed by atoms with Crippen LogP contribution < -0.4 is 5.73 Å². The molecule has 0 heterocycles. The number of carbonyl (C=O) groups is 1. The molecule has 1 aliphatic rings. The van der Waals surface area contributed by atoms with E-state index in [2.05, 4.69) is 0 Å². The van der Waals surface area contributed by atoms with Gasteiger partial charge in [0.05, 0.1) is 5.92 Å². The highest BCUT2D eigenvalue weighted by Crippen LogP contribution is 2.23. The zero-order valence-electron chi connectivity index (χ0n) is 5.62. The Morgan fingerprint density at radius 1 is 1.50 bits per heavy atom. The first-order chi connectivity index (χ1) is 4.22. The summed E-state index contributed by atoms with van der Waals surface area (Å²) in [5, 5.41) is 8.50. The highest BCUT2D eigenvalue weighted by molar-refractivity contribution is 5.85. The van der Waals surface area contributed by atoms with E-state index in [-0.39, 0.29) is 24.4 Å². The van der Waals surface area contributed by atoms with Gasteiger partial charge in [0.15, 0.2) is 0 Å². The van der Waals surface area contributed by atoms with Crippen LogP contribution in [0.25, 0.3) is 0 Å². The summed E-state index contributed by atoms with van der Waals surface area (Å²) in [5.74, 6) is -1.01. The molecule has 10 heavy (non-hydrogen) atoms. The molecule has 0 radical (unpaired) electrons. The maximum absolute atomic E-state index is 10.3. The van der Waals surface area contributed by atoms with Gasteiger partial charge in [-0.1, -0.05) is 6.42 Å². The van der Waals surface area contributed by atoms with Gasteiger partial charge in [-0.25, -0.2) is 0 Å². The number of rotatable bonds is 1. The van der Waals surface area contributed by atoms with Crippen molar-refractivity contribution in [3.63, 3.8) is 0 Å². The van der Waals surface area contributed by atoms with E-state index in [0.717, 1.165) is 19.3 Å². The normalized spacial score (nSPS) is 31.3. The number of nitrogens with two attached hydrogens (primary N) is 1. The minimum Gasteiger partial charge on any atom is -0.481 e. The Balaban J connectivity index is 0.000000810. The Labute approximate surface area is 66.0 Å². The largest absolute Gasteiger partial charge is 0.481 e. The van der Waals surface area contributed by atoms with Crippen molar-refractivity contribution in [3.8, 4) is 0 Å². The third kappa shape index (κ3) is 1.85. The number of hydrogen-bond donors (Lipinski definition) is 2. The lowest BCUT2D eigenvalue weighted by Crippen LogP contribution is -2.30. The molecule has 1 saturated carbocycles. The van der Waals surface area contributed by atoms with Crippen molar-refractivity contribution >= 4 is 18.4 Å². The van der Waals surface area contributed by atoms with Crippen LogP contribution in [0, 0.1) is 5.92 Å². The molecule has 0 aliphatic heterocycles.